The van der Waals surface area contributed by atoms with Gasteiger partial charge in [-0.3, -0.25) is 5.10 Å². The predicted octanol–water partition coefficient (Wildman–Crippen LogP) is 0.444. The van der Waals surface area contributed by atoms with Crippen LogP contribution in [0.4, 0.5) is 0 Å². The zero-order valence-electron chi connectivity index (χ0n) is 7.28. The minimum absolute atomic E-state index is 0.0496. The van der Waals surface area contributed by atoms with Crippen molar-refractivity contribution in [2.24, 2.45) is 0 Å². The topological polar surface area (TPSA) is 105 Å². The van der Waals surface area contributed by atoms with Crippen molar-refractivity contribution >= 4 is 17.7 Å². The monoisotopic (exact) mass is 223 g/mol. The van der Waals surface area contributed by atoms with Crippen LogP contribution in [0.3, 0.4) is 0 Å². The molecule has 76 valence electrons. The van der Waals surface area contributed by atoms with Gasteiger partial charge in [-0.25, -0.2) is 19.7 Å². The molecule has 0 bridgehead atoms. The first-order valence-electron chi connectivity index (χ1n) is 3.84. The van der Waals surface area contributed by atoms with Gasteiger partial charge in [0.2, 0.25) is 0 Å². The molecule has 0 saturated heterocycles. The van der Waals surface area contributed by atoms with Crippen LogP contribution in [0.25, 0.3) is 0 Å². The number of nitrogens with one attached hydrogen (secondary N) is 1. The van der Waals surface area contributed by atoms with E-state index in [0.29, 0.717) is 10.1 Å². The van der Waals surface area contributed by atoms with Gasteiger partial charge in [-0.2, -0.15) is 5.10 Å². The number of carboxylic acid groups (broad SMARTS) is 1. The number of hydrogen-bond donors (Lipinski definition) is 2. The van der Waals surface area contributed by atoms with Gasteiger partial charge in [0, 0.05) is 6.20 Å². The molecule has 2 rings (SSSR count). The number of hydrogen-bond acceptors (Lipinski definition) is 6. The van der Waals surface area contributed by atoms with Crippen LogP contribution in [0.2, 0.25) is 0 Å². The lowest BCUT2D eigenvalue weighted by molar-refractivity contribution is 0.0686. The third kappa shape index (κ3) is 2.10. The average molecular weight is 223 g/mol. The number of aromatic amines is 1. The van der Waals surface area contributed by atoms with E-state index in [1.807, 2.05) is 0 Å². The molecule has 2 aromatic heterocycles. The smallest absolute Gasteiger partial charge is 0.355 e. The van der Waals surface area contributed by atoms with Gasteiger partial charge in [0.25, 0.3) is 0 Å². The summed E-state index contributed by atoms with van der Waals surface area (Å²) in [5.74, 6) is -1.10. The van der Waals surface area contributed by atoms with Crippen LogP contribution in [-0.2, 0) is 0 Å². The number of aromatic carboxylic acids is 1. The second-order valence-corrected chi connectivity index (χ2v) is 3.46. The molecule has 0 unspecified atom stereocenters. The molecule has 0 spiro atoms. The lowest BCUT2D eigenvalue weighted by atomic mass is 10.4. The maximum Gasteiger partial charge on any atom is 0.355 e. The van der Waals surface area contributed by atoms with E-state index in [1.54, 1.807) is 0 Å². The lowest BCUT2D eigenvalue weighted by Gasteiger charge is -1.99. The summed E-state index contributed by atoms with van der Waals surface area (Å²) in [6, 6.07) is 0. The number of carboxylic acids is 1. The summed E-state index contributed by atoms with van der Waals surface area (Å²) >= 11 is 1.11. The van der Waals surface area contributed by atoms with Crippen molar-refractivity contribution in [2.45, 2.75) is 10.1 Å². The van der Waals surface area contributed by atoms with Crippen LogP contribution in [-0.4, -0.2) is 36.2 Å². The summed E-state index contributed by atoms with van der Waals surface area (Å²) in [6.07, 6.45) is 3.95. The fourth-order valence-corrected chi connectivity index (χ4v) is 1.66. The first kappa shape index (κ1) is 9.59. The van der Waals surface area contributed by atoms with E-state index in [2.05, 4.69) is 25.1 Å². The summed E-state index contributed by atoms with van der Waals surface area (Å²) in [5.41, 5.74) is -0.0496. The Morgan fingerprint density at radius 1 is 1.40 bits per heavy atom. The van der Waals surface area contributed by atoms with Gasteiger partial charge in [-0.15, -0.1) is 0 Å². The van der Waals surface area contributed by atoms with E-state index in [4.69, 9.17) is 5.11 Å². The molecule has 7 nitrogen and oxygen atoms in total. The Labute approximate surface area is 88.0 Å². The standard InChI is InChI=1S/C7H5N5O2S/c13-6(14)5-4(1-8-2-9-5)15-7-10-3-11-12-7/h1-3H,(H,13,14)(H,10,11,12). The predicted molar refractivity (Wildman–Crippen MR) is 49.5 cm³/mol. The van der Waals surface area contributed by atoms with Gasteiger partial charge < -0.3 is 5.11 Å². The van der Waals surface area contributed by atoms with Crippen molar-refractivity contribution in [3.8, 4) is 0 Å². The molecule has 0 fully saturated rings. The molecule has 0 aromatic carbocycles. The van der Waals surface area contributed by atoms with Crippen molar-refractivity contribution in [1.29, 1.82) is 0 Å². The van der Waals surface area contributed by atoms with Crippen LogP contribution in [0.1, 0.15) is 10.5 Å². The van der Waals surface area contributed by atoms with Crippen molar-refractivity contribution in [3.63, 3.8) is 0 Å². The van der Waals surface area contributed by atoms with E-state index < -0.39 is 5.97 Å². The van der Waals surface area contributed by atoms with Crippen molar-refractivity contribution in [2.75, 3.05) is 0 Å². The highest BCUT2D eigenvalue weighted by Crippen LogP contribution is 2.25. The maximum absolute atomic E-state index is 10.8. The first-order valence-corrected chi connectivity index (χ1v) is 4.65. The molecule has 0 saturated carbocycles. The zero-order chi connectivity index (χ0) is 10.7. The normalized spacial score (nSPS) is 10.1. The average Bonchev–Trinajstić information content (AvgIpc) is 2.71. The first-order chi connectivity index (χ1) is 7.27. The molecular weight excluding hydrogens is 218 g/mol. The summed E-state index contributed by atoms with van der Waals surface area (Å²) in [7, 11) is 0. The maximum atomic E-state index is 10.8. The van der Waals surface area contributed by atoms with Crippen molar-refractivity contribution in [3.05, 3.63) is 24.5 Å². The Balaban J connectivity index is 2.32. The van der Waals surface area contributed by atoms with Crippen molar-refractivity contribution < 1.29 is 9.90 Å². The Kier molecular flexibility index (Phi) is 2.59. The van der Waals surface area contributed by atoms with Gasteiger partial charge in [0.05, 0.1) is 4.90 Å². The second kappa shape index (κ2) is 4.05. The SMILES string of the molecule is O=C(O)c1ncncc1Sc1ncn[nH]1. The molecule has 8 heteroatoms. The van der Waals surface area contributed by atoms with Crippen LogP contribution in [0, 0.1) is 0 Å². The summed E-state index contributed by atoms with van der Waals surface area (Å²) in [6.45, 7) is 0. The van der Waals surface area contributed by atoms with E-state index in [0.717, 1.165) is 11.8 Å². The molecule has 0 aliphatic carbocycles. The Morgan fingerprint density at radius 2 is 2.27 bits per heavy atom. The molecule has 0 aliphatic rings. The Bertz CT molecular complexity index is 472. The number of nitrogens with zero attached hydrogens (tertiary/aromatic N) is 4. The fourth-order valence-electron chi connectivity index (χ4n) is 0.900. The molecule has 2 aromatic rings. The molecular formula is C7H5N5O2S. The summed E-state index contributed by atoms with van der Waals surface area (Å²) in [4.78, 5) is 22.5. The number of carbonyl (C=O) groups is 1. The molecule has 15 heavy (non-hydrogen) atoms. The van der Waals surface area contributed by atoms with Gasteiger partial charge in [-0.05, 0) is 11.8 Å². The molecule has 0 radical (unpaired) electrons. The lowest BCUT2D eigenvalue weighted by Crippen LogP contribution is -2.02. The minimum Gasteiger partial charge on any atom is -0.476 e. The highest BCUT2D eigenvalue weighted by Gasteiger charge is 2.13. The molecule has 0 atom stereocenters. The highest BCUT2D eigenvalue weighted by atomic mass is 32.2. The Morgan fingerprint density at radius 3 is 2.93 bits per heavy atom. The Hall–Kier alpha value is -1.96. The highest BCUT2D eigenvalue weighted by molar-refractivity contribution is 7.99. The van der Waals surface area contributed by atoms with E-state index in [1.165, 1.54) is 18.9 Å². The zero-order valence-corrected chi connectivity index (χ0v) is 8.10. The van der Waals surface area contributed by atoms with E-state index in [9.17, 15) is 4.79 Å². The molecule has 0 aliphatic heterocycles. The summed E-state index contributed by atoms with van der Waals surface area (Å²) in [5, 5.41) is 15.6. The molecule has 2 heterocycles. The third-order valence-electron chi connectivity index (χ3n) is 1.48. The van der Waals surface area contributed by atoms with Crippen LogP contribution in [0.15, 0.2) is 28.9 Å². The van der Waals surface area contributed by atoms with Gasteiger partial charge >= 0.3 is 5.97 Å². The van der Waals surface area contributed by atoms with Gasteiger partial charge in [0.15, 0.2) is 10.9 Å². The number of aromatic nitrogens is 5. The second-order valence-electron chi connectivity index (χ2n) is 2.43. The van der Waals surface area contributed by atoms with Crippen LogP contribution >= 0.6 is 11.8 Å². The number of H-pyrrole nitrogens is 1. The number of rotatable bonds is 3. The van der Waals surface area contributed by atoms with E-state index in [-0.39, 0.29) is 5.69 Å². The van der Waals surface area contributed by atoms with Crippen LogP contribution < -0.4 is 0 Å². The van der Waals surface area contributed by atoms with Gasteiger partial charge in [0.1, 0.15) is 12.7 Å². The largest absolute Gasteiger partial charge is 0.476 e. The van der Waals surface area contributed by atoms with Crippen LogP contribution in [0.5, 0.6) is 0 Å². The fraction of sp³-hybridized carbons (Fsp3) is 0. The third-order valence-corrected chi connectivity index (χ3v) is 2.39. The summed E-state index contributed by atoms with van der Waals surface area (Å²) < 4.78 is 0. The minimum atomic E-state index is -1.10. The molecule has 0 amide bonds. The molecule has 2 N–H and O–H groups in total. The quantitative estimate of drug-likeness (QED) is 0.777. The van der Waals surface area contributed by atoms with E-state index >= 15 is 0 Å². The van der Waals surface area contributed by atoms with Crippen molar-refractivity contribution in [1.82, 2.24) is 25.1 Å². The van der Waals surface area contributed by atoms with Gasteiger partial charge in [-0.1, -0.05) is 0 Å².